The predicted molar refractivity (Wildman–Crippen MR) is 62.9 cm³/mol. The molecular formula is C12H13F3N2O2. The molecule has 0 saturated heterocycles. The van der Waals surface area contributed by atoms with E-state index in [9.17, 15) is 18.0 Å². The molecule has 7 heteroatoms. The largest absolute Gasteiger partial charge is 0.479 e. The Bertz CT molecular complexity index is 490. The maximum Gasteiger partial charge on any atom is 0.410 e. The number of benzene rings is 1. The molecule has 104 valence electrons. The lowest BCUT2D eigenvalue weighted by Gasteiger charge is -2.38. The first-order valence-corrected chi connectivity index (χ1v) is 5.71. The summed E-state index contributed by atoms with van der Waals surface area (Å²) in [7, 11) is 0. The van der Waals surface area contributed by atoms with Crippen LogP contribution in [0, 0.1) is 0 Å². The maximum absolute atomic E-state index is 13.0. The van der Waals surface area contributed by atoms with Crippen molar-refractivity contribution >= 4 is 11.6 Å². The number of amides is 1. The Balaban J connectivity index is 2.51. The minimum atomic E-state index is -4.59. The highest BCUT2D eigenvalue weighted by atomic mass is 19.4. The molecule has 0 radical (unpaired) electrons. The minimum absolute atomic E-state index is 0.0957. The van der Waals surface area contributed by atoms with Gasteiger partial charge in [0.25, 0.3) is 5.91 Å². The van der Waals surface area contributed by atoms with Gasteiger partial charge >= 0.3 is 6.18 Å². The molecule has 0 aromatic heterocycles. The molecule has 1 aromatic rings. The van der Waals surface area contributed by atoms with Gasteiger partial charge in [-0.25, -0.2) is 0 Å². The summed E-state index contributed by atoms with van der Waals surface area (Å²) in [6.07, 6.45) is -5.56. The summed E-state index contributed by atoms with van der Waals surface area (Å²) in [5.41, 5.74) is 5.30. The molecule has 0 aliphatic carbocycles. The average Bonchev–Trinajstić information content (AvgIpc) is 2.33. The summed E-state index contributed by atoms with van der Waals surface area (Å²) >= 11 is 0. The van der Waals surface area contributed by atoms with Gasteiger partial charge in [-0.3, -0.25) is 9.69 Å². The number of fused-ring (bicyclic) bond motifs is 1. The van der Waals surface area contributed by atoms with E-state index in [4.69, 9.17) is 10.5 Å². The van der Waals surface area contributed by atoms with E-state index in [0.29, 0.717) is 4.90 Å². The van der Waals surface area contributed by atoms with Gasteiger partial charge in [0.05, 0.1) is 5.69 Å². The van der Waals surface area contributed by atoms with E-state index in [-0.39, 0.29) is 11.4 Å². The number of para-hydroxylation sites is 2. The van der Waals surface area contributed by atoms with E-state index in [1.54, 1.807) is 12.1 Å². The fraction of sp³-hybridized carbons (Fsp3) is 0.417. The van der Waals surface area contributed by atoms with E-state index in [2.05, 4.69) is 0 Å². The molecule has 4 nitrogen and oxygen atoms in total. The van der Waals surface area contributed by atoms with Crippen LogP contribution in [0.25, 0.3) is 0 Å². The molecule has 0 fully saturated rings. The van der Waals surface area contributed by atoms with Gasteiger partial charge in [-0.15, -0.1) is 0 Å². The van der Waals surface area contributed by atoms with Crippen molar-refractivity contribution in [3.63, 3.8) is 0 Å². The number of hydrogen-bond donors (Lipinski definition) is 1. The Labute approximate surface area is 107 Å². The molecule has 19 heavy (non-hydrogen) atoms. The van der Waals surface area contributed by atoms with Gasteiger partial charge in [-0.2, -0.15) is 13.2 Å². The first kappa shape index (κ1) is 13.7. The number of alkyl halides is 3. The van der Waals surface area contributed by atoms with Crippen molar-refractivity contribution in [3.05, 3.63) is 24.3 Å². The second-order valence-corrected chi connectivity index (χ2v) is 4.23. The fourth-order valence-corrected chi connectivity index (χ4v) is 2.02. The quantitative estimate of drug-likeness (QED) is 0.893. The summed E-state index contributed by atoms with van der Waals surface area (Å²) in [4.78, 5) is 12.7. The van der Waals surface area contributed by atoms with Crippen LogP contribution < -0.4 is 15.4 Å². The Morgan fingerprint density at radius 1 is 1.42 bits per heavy atom. The van der Waals surface area contributed by atoms with E-state index in [1.807, 2.05) is 0 Å². The number of carbonyl (C=O) groups is 1. The van der Waals surface area contributed by atoms with Crippen LogP contribution in [0.15, 0.2) is 24.3 Å². The van der Waals surface area contributed by atoms with Crippen LogP contribution in [0.1, 0.15) is 6.92 Å². The summed E-state index contributed by atoms with van der Waals surface area (Å²) in [6.45, 7) is 0.714. The molecule has 2 N–H and O–H groups in total. The van der Waals surface area contributed by atoms with Crippen LogP contribution in [-0.2, 0) is 4.79 Å². The van der Waals surface area contributed by atoms with Gasteiger partial charge in [0.15, 0.2) is 6.10 Å². The molecule has 1 amide bonds. The van der Waals surface area contributed by atoms with Crippen LogP contribution in [0.3, 0.4) is 0 Å². The number of rotatable bonds is 2. The Kier molecular flexibility index (Phi) is 3.40. The van der Waals surface area contributed by atoms with Crippen molar-refractivity contribution in [2.45, 2.75) is 25.2 Å². The zero-order chi connectivity index (χ0) is 14.2. The van der Waals surface area contributed by atoms with Gasteiger partial charge in [-0.1, -0.05) is 12.1 Å². The Hall–Kier alpha value is -1.76. The smallest absolute Gasteiger partial charge is 0.410 e. The molecule has 0 saturated carbocycles. The second kappa shape index (κ2) is 4.73. The standard InChI is InChI=1S/C12H13F3N2O2/c1-7-11(18)17(10(6-16)12(13,14)15)8-4-2-3-5-9(8)19-7/h2-5,7,10H,6,16H2,1H3. The molecular weight excluding hydrogens is 261 g/mol. The second-order valence-electron chi connectivity index (χ2n) is 4.23. The lowest BCUT2D eigenvalue weighted by atomic mass is 10.1. The summed E-state index contributed by atoms with van der Waals surface area (Å²) in [5.74, 6) is -0.497. The van der Waals surface area contributed by atoms with E-state index >= 15 is 0 Å². The number of nitrogens with two attached hydrogens (primary N) is 1. The minimum Gasteiger partial charge on any atom is -0.479 e. The normalized spacial score (nSPS) is 20.8. The molecule has 1 aliphatic heterocycles. The maximum atomic E-state index is 13.0. The number of ether oxygens (including phenoxy) is 1. The molecule has 2 rings (SSSR count). The molecule has 0 spiro atoms. The third-order valence-electron chi connectivity index (χ3n) is 2.93. The Morgan fingerprint density at radius 3 is 2.63 bits per heavy atom. The first-order valence-electron chi connectivity index (χ1n) is 5.71. The predicted octanol–water partition coefficient (Wildman–Crippen LogP) is 1.69. The molecule has 0 bridgehead atoms. The lowest BCUT2D eigenvalue weighted by Crippen LogP contribution is -2.57. The molecule has 2 atom stereocenters. The van der Waals surface area contributed by atoms with Crippen molar-refractivity contribution < 1.29 is 22.7 Å². The highest BCUT2D eigenvalue weighted by Gasteiger charge is 2.48. The van der Waals surface area contributed by atoms with Gasteiger partial charge in [0, 0.05) is 6.54 Å². The summed E-state index contributed by atoms with van der Waals surface area (Å²) < 4.78 is 44.2. The van der Waals surface area contributed by atoms with Crippen molar-refractivity contribution in [2.75, 3.05) is 11.4 Å². The Morgan fingerprint density at radius 2 is 2.05 bits per heavy atom. The molecule has 1 aromatic carbocycles. The molecule has 1 aliphatic rings. The van der Waals surface area contributed by atoms with Crippen molar-refractivity contribution in [2.24, 2.45) is 5.73 Å². The first-order chi connectivity index (χ1) is 8.86. The number of halogens is 3. The number of anilines is 1. The fourth-order valence-electron chi connectivity index (χ4n) is 2.02. The average molecular weight is 274 g/mol. The topological polar surface area (TPSA) is 55.6 Å². The highest BCUT2D eigenvalue weighted by molar-refractivity contribution is 6.00. The van der Waals surface area contributed by atoms with Gasteiger partial charge in [0.1, 0.15) is 11.8 Å². The highest BCUT2D eigenvalue weighted by Crippen LogP contribution is 2.38. The third-order valence-corrected chi connectivity index (χ3v) is 2.93. The van der Waals surface area contributed by atoms with Gasteiger partial charge < -0.3 is 10.5 Å². The zero-order valence-electron chi connectivity index (χ0n) is 10.1. The van der Waals surface area contributed by atoms with E-state index in [1.165, 1.54) is 19.1 Å². The summed E-state index contributed by atoms with van der Waals surface area (Å²) in [6, 6.07) is 4.06. The van der Waals surface area contributed by atoms with Gasteiger partial charge in [-0.05, 0) is 19.1 Å². The van der Waals surface area contributed by atoms with Crippen LogP contribution in [0.2, 0.25) is 0 Å². The number of nitrogens with zero attached hydrogens (tertiary/aromatic N) is 1. The van der Waals surface area contributed by atoms with E-state index in [0.717, 1.165) is 0 Å². The molecule has 2 unspecified atom stereocenters. The van der Waals surface area contributed by atoms with Crippen LogP contribution in [-0.4, -0.2) is 30.8 Å². The SMILES string of the molecule is CC1Oc2ccccc2N(C(CN)C(F)(F)F)C1=O. The van der Waals surface area contributed by atoms with Crippen molar-refractivity contribution in [3.8, 4) is 5.75 Å². The molecule has 1 heterocycles. The monoisotopic (exact) mass is 274 g/mol. The third kappa shape index (κ3) is 2.37. The van der Waals surface area contributed by atoms with Crippen LogP contribution in [0.5, 0.6) is 5.75 Å². The number of hydrogen-bond acceptors (Lipinski definition) is 3. The van der Waals surface area contributed by atoms with Crippen molar-refractivity contribution in [1.29, 1.82) is 0 Å². The van der Waals surface area contributed by atoms with Crippen molar-refractivity contribution in [1.82, 2.24) is 0 Å². The van der Waals surface area contributed by atoms with E-state index < -0.39 is 30.8 Å². The lowest BCUT2D eigenvalue weighted by molar-refractivity contribution is -0.154. The zero-order valence-corrected chi connectivity index (χ0v) is 10.1. The van der Waals surface area contributed by atoms with Crippen LogP contribution >= 0.6 is 0 Å². The van der Waals surface area contributed by atoms with Crippen LogP contribution in [0.4, 0.5) is 18.9 Å². The summed E-state index contributed by atoms with van der Waals surface area (Å²) in [5, 5.41) is 0. The number of carbonyl (C=O) groups excluding carboxylic acids is 1. The van der Waals surface area contributed by atoms with Gasteiger partial charge in [0.2, 0.25) is 0 Å².